The lowest BCUT2D eigenvalue weighted by molar-refractivity contribution is -0.116. The maximum Gasteiger partial charge on any atom is 0.224 e. The van der Waals surface area contributed by atoms with Gasteiger partial charge in [-0.2, -0.15) is 0 Å². The van der Waals surface area contributed by atoms with Crippen molar-refractivity contribution in [2.24, 2.45) is 0 Å². The Labute approximate surface area is 150 Å². The van der Waals surface area contributed by atoms with E-state index in [2.05, 4.69) is 22.2 Å². The van der Waals surface area contributed by atoms with Crippen LogP contribution in [0.5, 0.6) is 5.75 Å². The van der Waals surface area contributed by atoms with E-state index in [1.165, 1.54) is 11.3 Å². The zero-order chi connectivity index (χ0) is 17.6. The van der Waals surface area contributed by atoms with Crippen LogP contribution in [0.2, 0.25) is 0 Å². The number of amides is 1. The number of rotatable bonds is 6. The highest BCUT2D eigenvalue weighted by molar-refractivity contribution is 7.14. The molecule has 25 heavy (non-hydrogen) atoms. The highest BCUT2D eigenvalue weighted by Gasteiger charge is 2.09. The first-order valence-corrected chi connectivity index (χ1v) is 9.04. The summed E-state index contributed by atoms with van der Waals surface area (Å²) in [6, 6.07) is 8.83. The normalized spacial score (nSPS) is 10.6. The molecular formula is C19H19N3O2S. The fourth-order valence-electron chi connectivity index (χ4n) is 2.39. The van der Waals surface area contributed by atoms with Crippen molar-refractivity contribution in [3.05, 3.63) is 48.1 Å². The van der Waals surface area contributed by atoms with Crippen molar-refractivity contribution in [1.29, 1.82) is 0 Å². The van der Waals surface area contributed by atoms with Crippen LogP contribution in [0.1, 0.15) is 26.2 Å². The molecule has 0 saturated carbocycles. The molecular weight excluding hydrogens is 334 g/mol. The number of carbonyl (C=O) groups excluding carboxylic acids is 1. The van der Waals surface area contributed by atoms with Crippen LogP contribution in [-0.2, 0) is 4.79 Å². The molecule has 128 valence electrons. The predicted octanol–water partition coefficient (Wildman–Crippen LogP) is 4.71. The first-order valence-electron chi connectivity index (χ1n) is 8.16. The van der Waals surface area contributed by atoms with Crippen molar-refractivity contribution in [3.8, 4) is 27.6 Å². The van der Waals surface area contributed by atoms with E-state index in [0.29, 0.717) is 12.1 Å². The molecule has 0 unspecified atom stereocenters. The van der Waals surface area contributed by atoms with Gasteiger partial charge >= 0.3 is 0 Å². The molecule has 5 nitrogen and oxygen atoms in total. The van der Waals surface area contributed by atoms with Crippen molar-refractivity contribution >= 4 is 22.9 Å². The minimum absolute atomic E-state index is 0.0331. The van der Waals surface area contributed by atoms with Crippen molar-refractivity contribution in [2.45, 2.75) is 26.2 Å². The summed E-state index contributed by atoms with van der Waals surface area (Å²) < 4.78 is 0. The minimum atomic E-state index is 0.0331. The van der Waals surface area contributed by atoms with Gasteiger partial charge in [0.15, 0.2) is 0 Å². The van der Waals surface area contributed by atoms with Crippen LogP contribution in [-0.4, -0.2) is 21.0 Å². The lowest BCUT2D eigenvalue weighted by atomic mass is 10.1. The number of hydrogen-bond acceptors (Lipinski definition) is 5. The SMILES string of the molecule is CCCCC(=O)Nc1csc(-c2cncc(-c3cccc(O)c3)n2)c1. The van der Waals surface area contributed by atoms with Crippen molar-refractivity contribution in [1.82, 2.24) is 9.97 Å². The number of benzene rings is 1. The Morgan fingerprint density at radius 3 is 2.88 bits per heavy atom. The number of anilines is 1. The molecule has 0 spiro atoms. The molecule has 0 aliphatic rings. The fraction of sp³-hybridized carbons (Fsp3) is 0.211. The third-order valence-corrected chi connectivity index (χ3v) is 4.62. The van der Waals surface area contributed by atoms with Gasteiger partial charge in [-0.05, 0) is 24.6 Å². The molecule has 3 aromatic rings. The van der Waals surface area contributed by atoms with Crippen molar-refractivity contribution < 1.29 is 9.90 Å². The molecule has 6 heteroatoms. The minimum Gasteiger partial charge on any atom is -0.508 e. The van der Waals surface area contributed by atoms with E-state index < -0.39 is 0 Å². The number of hydrogen-bond donors (Lipinski definition) is 2. The Hall–Kier alpha value is -2.73. The highest BCUT2D eigenvalue weighted by Crippen LogP contribution is 2.30. The number of carbonyl (C=O) groups is 1. The zero-order valence-corrected chi connectivity index (χ0v) is 14.7. The van der Waals surface area contributed by atoms with E-state index in [1.807, 2.05) is 17.5 Å². The summed E-state index contributed by atoms with van der Waals surface area (Å²) >= 11 is 1.51. The summed E-state index contributed by atoms with van der Waals surface area (Å²) in [6.07, 6.45) is 5.79. The Bertz CT molecular complexity index is 876. The van der Waals surface area contributed by atoms with Crippen LogP contribution in [0.25, 0.3) is 21.8 Å². The van der Waals surface area contributed by atoms with Crippen LogP contribution in [0.15, 0.2) is 48.1 Å². The predicted molar refractivity (Wildman–Crippen MR) is 101 cm³/mol. The van der Waals surface area contributed by atoms with E-state index in [0.717, 1.165) is 34.7 Å². The Balaban J connectivity index is 1.79. The Morgan fingerprint density at radius 1 is 1.24 bits per heavy atom. The second-order valence-corrected chi connectivity index (χ2v) is 6.60. The second-order valence-electron chi connectivity index (χ2n) is 5.69. The summed E-state index contributed by atoms with van der Waals surface area (Å²) in [5.74, 6) is 0.226. The van der Waals surface area contributed by atoms with Crippen molar-refractivity contribution in [3.63, 3.8) is 0 Å². The topological polar surface area (TPSA) is 75.1 Å². The first-order chi connectivity index (χ1) is 12.2. The summed E-state index contributed by atoms with van der Waals surface area (Å²) in [7, 11) is 0. The number of thiophene rings is 1. The monoisotopic (exact) mass is 353 g/mol. The molecule has 3 rings (SSSR count). The van der Waals surface area contributed by atoms with Gasteiger partial charge in [0, 0.05) is 17.4 Å². The third-order valence-electron chi connectivity index (χ3n) is 3.67. The number of aromatic nitrogens is 2. The molecule has 0 atom stereocenters. The fourth-order valence-corrected chi connectivity index (χ4v) is 3.18. The maximum atomic E-state index is 11.8. The molecule has 0 saturated heterocycles. The molecule has 1 amide bonds. The summed E-state index contributed by atoms with van der Waals surface area (Å²) in [4.78, 5) is 21.6. The van der Waals surface area contributed by atoms with Crippen LogP contribution in [0.3, 0.4) is 0 Å². The molecule has 2 N–H and O–H groups in total. The van der Waals surface area contributed by atoms with Gasteiger partial charge in [0.25, 0.3) is 0 Å². The van der Waals surface area contributed by atoms with Gasteiger partial charge in [-0.3, -0.25) is 9.78 Å². The Morgan fingerprint density at radius 2 is 2.08 bits per heavy atom. The summed E-state index contributed by atoms with van der Waals surface area (Å²) in [5, 5.41) is 14.4. The second kappa shape index (κ2) is 7.90. The molecule has 2 heterocycles. The number of unbranched alkanes of at least 4 members (excludes halogenated alkanes) is 1. The van der Waals surface area contributed by atoms with Gasteiger partial charge in [0.2, 0.25) is 5.91 Å². The summed E-state index contributed by atoms with van der Waals surface area (Å²) in [5.41, 5.74) is 3.01. The van der Waals surface area contributed by atoms with Crippen LogP contribution in [0, 0.1) is 0 Å². The standard InChI is InChI=1S/C19H19N3O2S/c1-2-3-7-19(24)21-14-9-18(25-12-14)17-11-20-10-16(22-17)13-5-4-6-15(23)8-13/h4-6,8-12,23H,2-3,7H2,1H3,(H,21,24). The first kappa shape index (κ1) is 17.1. The van der Waals surface area contributed by atoms with E-state index in [9.17, 15) is 9.90 Å². The quantitative estimate of drug-likeness (QED) is 0.673. The van der Waals surface area contributed by atoms with Gasteiger partial charge in [0.1, 0.15) is 5.75 Å². The molecule has 0 radical (unpaired) electrons. The summed E-state index contributed by atoms with van der Waals surface area (Å²) in [6.45, 7) is 2.06. The van der Waals surface area contributed by atoms with E-state index in [4.69, 9.17) is 0 Å². The van der Waals surface area contributed by atoms with Crippen molar-refractivity contribution in [2.75, 3.05) is 5.32 Å². The highest BCUT2D eigenvalue weighted by atomic mass is 32.1. The number of phenolic OH excluding ortho intramolecular Hbond substituents is 1. The van der Waals surface area contributed by atoms with Crippen LogP contribution >= 0.6 is 11.3 Å². The number of phenols is 1. The van der Waals surface area contributed by atoms with E-state index in [-0.39, 0.29) is 11.7 Å². The lowest BCUT2D eigenvalue weighted by Gasteiger charge is -2.03. The molecule has 0 aliphatic heterocycles. The largest absolute Gasteiger partial charge is 0.508 e. The van der Waals surface area contributed by atoms with Crippen LogP contribution in [0.4, 0.5) is 5.69 Å². The lowest BCUT2D eigenvalue weighted by Crippen LogP contribution is -2.09. The number of nitrogens with one attached hydrogen (secondary N) is 1. The van der Waals surface area contributed by atoms with Gasteiger partial charge in [-0.1, -0.05) is 25.5 Å². The number of aromatic hydroxyl groups is 1. The Kier molecular flexibility index (Phi) is 5.40. The van der Waals surface area contributed by atoms with Gasteiger partial charge < -0.3 is 10.4 Å². The van der Waals surface area contributed by atoms with Gasteiger partial charge in [-0.25, -0.2) is 4.98 Å². The van der Waals surface area contributed by atoms with Gasteiger partial charge in [-0.15, -0.1) is 11.3 Å². The van der Waals surface area contributed by atoms with Crippen LogP contribution < -0.4 is 5.32 Å². The van der Waals surface area contributed by atoms with Gasteiger partial charge in [0.05, 0.1) is 34.3 Å². The number of nitrogens with zero attached hydrogens (tertiary/aromatic N) is 2. The maximum absolute atomic E-state index is 11.8. The molecule has 0 fully saturated rings. The molecule has 2 aromatic heterocycles. The molecule has 0 bridgehead atoms. The molecule has 0 aliphatic carbocycles. The zero-order valence-electron chi connectivity index (χ0n) is 13.9. The van der Waals surface area contributed by atoms with E-state index in [1.54, 1.807) is 30.6 Å². The average Bonchev–Trinajstić information content (AvgIpc) is 3.08. The average molecular weight is 353 g/mol. The molecule has 1 aromatic carbocycles. The third kappa shape index (κ3) is 4.42. The smallest absolute Gasteiger partial charge is 0.224 e. The van der Waals surface area contributed by atoms with E-state index >= 15 is 0 Å².